The van der Waals surface area contributed by atoms with Gasteiger partial charge >= 0.3 is 0 Å². The van der Waals surface area contributed by atoms with Gasteiger partial charge in [-0.1, -0.05) is 113 Å². The summed E-state index contributed by atoms with van der Waals surface area (Å²) in [4.78, 5) is 55.2. The fraction of sp³-hybridized carbons (Fsp3) is 0.200. The van der Waals surface area contributed by atoms with Crippen LogP contribution in [-0.2, 0) is 9.59 Å². The van der Waals surface area contributed by atoms with Crippen LogP contribution < -0.4 is 21.3 Å². The van der Waals surface area contributed by atoms with Crippen molar-refractivity contribution >= 4 is 35.0 Å². The van der Waals surface area contributed by atoms with Crippen molar-refractivity contribution < 1.29 is 19.2 Å². The van der Waals surface area contributed by atoms with Crippen LogP contribution in [0.1, 0.15) is 61.3 Å². The van der Waals surface area contributed by atoms with E-state index in [0.717, 1.165) is 44.5 Å². The summed E-state index contributed by atoms with van der Waals surface area (Å²) in [5, 5.41) is 12.1. The molecule has 0 saturated heterocycles. The third kappa shape index (κ3) is 9.59. The summed E-state index contributed by atoms with van der Waals surface area (Å²) in [6.07, 6.45) is 0.909. The van der Waals surface area contributed by atoms with Gasteiger partial charge in [0.25, 0.3) is 11.8 Å². The van der Waals surface area contributed by atoms with Crippen LogP contribution in [0.4, 0.5) is 11.4 Å². The summed E-state index contributed by atoms with van der Waals surface area (Å²) in [6, 6.07) is 44.4. The number of anilines is 2. The molecule has 0 saturated carbocycles. The van der Waals surface area contributed by atoms with Crippen molar-refractivity contribution in [1.82, 2.24) is 10.6 Å². The second kappa shape index (κ2) is 17.6. The maximum atomic E-state index is 13.8. The standard InChI is InChI=1S/C50H48N4O4/c1-31(2)23-45-49(57)51-43-21-9-17-39(29-43)35-13-6-14-36(26-35)40-18-10-22-44(30-40)52-50(58)46(24-32(3)4)54-48(56)42-20-8-16-38(28-42)34-12-5-11-33(25-34)37-15-7-19-41(27-37)47(55)53-45/h5-22,25-32,45-46H,23-24H2,1-4H3,(H,51,57)(H,52,58)(H,53,55)(H,54,56)/t45-,46-/m0/s1. The Hall–Kier alpha value is -6.80. The van der Waals surface area contributed by atoms with Crippen molar-refractivity contribution in [2.75, 3.05) is 10.6 Å². The summed E-state index contributed by atoms with van der Waals surface area (Å²) in [5.41, 5.74) is 9.21. The molecule has 0 unspecified atom stereocenters. The molecular formula is C50H48N4O4. The van der Waals surface area contributed by atoms with Gasteiger partial charge in [-0.05, 0) is 130 Å². The van der Waals surface area contributed by atoms with Gasteiger partial charge < -0.3 is 21.3 Å². The maximum absolute atomic E-state index is 13.8. The third-order valence-corrected chi connectivity index (χ3v) is 10.2. The van der Waals surface area contributed by atoms with Gasteiger partial charge in [0.2, 0.25) is 11.8 Å². The Morgan fingerprint density at radius 1 is 0.379 bits per heavy atom. The molecule has 1 aliphatic heterocycles. The Morgan fingerprint density at radius 3 is 0.948 bits per heavy atom. The number of carbonyl (C=O) groups excluding carboxylic acids is 4. The summed E-state index contributed by atoms with van der Waals surface area (Å²) in [7, 11) is 0. The largest absolute Gasteiger partial charge is 0.340 e. The van der Waals surface area contributed by atoms with Crippen LogP contribution in [0.5, 0.6) is 0 Å². The molecule has 8 heteroatoms. The van der Waals surface area contributed by atoms with Gasteiger partial charge in [0.05, 0.1) is 0 Å². The molecule has 0 aromatic heterocycles. The second-order valence-electron chi connectivity index (χ2n) is 15.8. The predicted molar refractivity (Wildman–Crippen MR) is 233 cm³/mol. The minimum absolute atomic E-state index is 0.145. The van der Waals surface area contributed by atoms with E-state index in [9.17, 15) is 19.2 Å². The van der Waals surface area contributed by atoms with Gasteiger partial charge in [0.1, 0.15) is 12.1 Å². The molecule has 0 aliphatic carbocycles. The summed E-state index contributed by atoms with van der Waals surface area (Å²) < 4.78 is 0. The van der Waals surface area contributed by atoms with E-state index >= 15 is 0 Å². The van der Waals surface area contributed by atoms with Gasteiger partial charge in [-0.15, -0.1) is 0 Å². The molecule has 6 aromatic carbocycles. The highest BCUT2D eigenvalue weighted by Gasteiger charge is 2.25. The first-order valence-electron chi connectivity index (χ1n) is 19.8. The minimum Gasteiger partial charge on any atom is -0.340 e. The maximum Gasteiger partial charge on any atom is 0.251 e. The molecule has 12 bridgehead atoms. The smallest absolute Gasteiger partial charge is 0.251 e. The Labute approximate surface area is 340 Å². The first kappa shape index (κ1) is 39.4. The lowest BCUT2D eigenvalue weighted by Crippen LogP contribution is -2.44. The van der Waals surface area contributed by atoms with Gasteiger partial charge in [-0.3, -0.25) is 19.2 Å². The zero-order valence-corrected chi connectivity index (χ0v) is 33.2. The Kier molecular flexibility index (Phi) is 11.9. The van der Waals surface area contributed by atoms with Crippen LogP contribution >= 0.6 is 0 Å². The summed E-state index contributed by atoms with van der Waals surface area (Å²) >= 11 is 0. The van der Waals surface area contributed by atoms with E-state index in [0.29, 0.717) is 35.3 Å². The number of benzene rings is 6. The second-order valence-corrected chi connectivity index (χ2v) is 15.8. The van der Waals surface area contributed by atoms with Gasteiger partial charge in [0, 0.05) is 22.5 Å². The van der Waals surface area contributed by atoms with E-state index in [1.54, 1.807) is 12.1 Å². The molecule has 292 valence electrons. The molecule has 0 fully saturated rings. The molecule has 8 nitrogen and oxygen atoms in total. The Bertz CT molecular complexity index is 2320. The number of hydrogen-bond donors (Lipinski definition) is 4. The SMILES string of the molecule is CC(C)C[C@@H]1NC(=O)c2cccc(c2)-c2cccc(c2)-c2cccc(c2)C(=O)N[C@@H](CC(C)C)C(=O)Nc2cccc(c2)-c2cccc(c2)-c2cccc(c2)NC1=O. The number of rotatable bonds is 4. The van der Waals surface area contributed by atoms with Crippen molar-refractivity contribution in [2.24, 2.45) is 11.8 Å². The quantitative estimate of drug-likeness (QED) is 0.143. The number of nitrogens with one attached hydrogen (secondary N) is 4. The number of hydrogen-bond acceptors (Lipinski definition) is 4. The monoisotopic (exact) mass is 768 g/mol. The topological polar surface area (TPSA) is 116 Å². The molecule has 2 atom stereocenters. The minimum atomic E-state index is -0.767. The summed E-state index contributed by atoms with van der Waals surface area (Å²) in [5.74, 6) is -0.988. The van der Waals surface area contributed by atoms with Crippen LogP contribution in [0, 0.1) is 11.8 Å². The van der Waals surface area contributed by atoms with Crippen molar-refractivity contribution in [3.8, 4) is 44.5 Å². The first-order chi connectivity index (χ1) is 28.0. The van der Waals surface area contributed by atoms with Crippen LogP contribution in [0.25, 0.3) is 44.5 Å². The summed E-state index contributed by atoms with van der Waals surface area (Å²) in [6.45, 7) is 8.09. The number of carbonyl (C=O) groups is 4. The molecular weight excluding hydrogens is 721 g/mol. The lowest BCUT2D eigenvalue weighted by molar-refractivity contribution is -0.119. The highest BCUT2D eigenvalue weighted by Crippen LogP contribution is 2.31. The fourth-order valence-corrected chi connectivity index (χ4v) is 7.34. The van der Waals surface area contributed by atoms with Gasteiger partial charge in [0.15, 0.2) is 0 Å². The van der Waals surface area contributed by atoms with E-state index in [-0.39, 0.29) is 35.5 Å². The molecule has 4 amide bonds. The predicted octanol–water partition coefficient (Wildman–Crippen LogP) is 10.2. The average molecular weight is 769 g/mol. The Morgan fingerprint density at radius 2 is 0.638 bits per heavy atom. The molecule has 4 N–H and O–H groups in total. The van der Waals surface area contributed by atoms with Gasteiger partial charge in [-0.2, -0.15) is 0 Å². The molecule has 6 aromatic rings. The molecule has 0 spiro atoms. The Balaban J connectivity index is 1.28. The van der Waals surface area contributed by atoms with Crippen molar-refractivity contribution in [3.63, 3.8) is 0 Å². The van der Waals surface area contributed by atoms with E-state index in [1.807, 2.05) is 155 Å². The highest BCUT2D eigenvalue weighted by molar-refractivity contribution is 6.03. The molecule has 58 heavy (non-hydrogen) atoms. The zero-order valence-electron chi connectivity index (χ0n) is 33.2. The lowest BCUT2D eigenvalue weighted by atomic mass is 9.96. The molecule has 0 radical (unpaired) electrons. The van der Waals surface area contributed by atoms with Crippen LogP contribution in [0.2, 0.25) is 0 Å². The van der Waals surface area contributed by atoms with Crippen LogP contribution in [0.3, 0.4) is 0 Å². The third-order valence-electron chi connectivity index (χ3n) is 10.2. The van der Waals surface area contributed by atoms with Crippen molar-refractivity contribution in [3.05, 3.63) is 157 Å². The van der Waals surface area contributed by atoms with Crippen molar-refractivity contribution in [2.45, 2.75) is 52.6 Å². The van der Waals surface area contributed by atoms with Crippen LogP contribution in [-0.4, -0.2) is 35.7 Å². The van der Waals surface area contributed by atoms with E-state index in [1.165, 1.54) is 0 Å². The van der Waals surface area contributed by atoms with E-state index < -0.39 is 12.1 Å². The van der Waals surface area contributed by atoms with Crippen molar-refractivity contribution in [1.29, 1.82) is 0 Å². The van der Waals surface area contributed by atoms with Gasteiger partial charge in [-0.25, -0.2) is 0 Å². The molecule has 1 aliphatic rings. The lowest BCUT2D eigenvalue weighted by Gasteiger charge is -2.21. The molecule has 1 heterocycles. The number of fused-ring (bicyclic) bond motifs is 16. The number of amides is 4. The van der Waals surface area contributed by atoms with E-state index in [2.05, 4.69) is 27.3 Å². The molecule has 7 rings (SSSR count). The normalized spacial score (nSPS) is 16.0. The van der Waals surface area contributed by atoms with Crippen LogP contribution in [0.15, 0.2) is 146 Å². The fourth-order valence-electron chi connectivity index (χ4n) is 7.34. The first-order valence-corrected chi connectivity index (χ1v) is 19.8. The van der Waals surface area contributed by atoms with E-state index in [4.69, 9.17) is 0 Å². The highest BCUT2D eigenvalue weighted by atomic mass is 16.2. The zero-order chi connectivity index (χ0) is 40.8. The average Bonchev–Trinajstić information content (AvgIpc) is 3.23.